The van der Waals surface area contributed by atoms with Crippen molar-refractivity contribution in [3.05, 3.63) is 41.8 Å². The van der Waals surface area contributed by atoms with Gasteiger partial charge in [-0.05, 0) is 31.4 Å². The maximum atomic E-state index is 12.6. The molecule has 0 spiro atoms. The quantitative estimate of drug-likeness (QED) is 0.831. The van der Waals surface area contributed by atoms with Gasteiger partial charge in [-0.2, -0.15) is 0 Å². The molecule has 26 heavy (non-hydrogen) atoms. The minimum absolute atomic E-state index is 0.0672. The number of amides is 1. The van der Waals surface area contributed by atoms with Crippen molar-refractivity contribution in [1.29, 1.82) is 0 Å². The summed E-state index contributed by atoms with van der Waals surface area (Å²) in [4.78, 5) is 16.9. The van der Waals surface area contributed by atoms with Gasteiger partial charge in [0.25, 0.3) is 5.91 Å². The van der Waals surface area contributed by atoms with Gasteiger partial charge in [0.05, 0.1) is 12.4 Å². The molecular formula is C18H20N2O5S. The Balaban J connectivity index is 1.56. The minimum Gasteiger partial charge on any atom is -0.440 e. The summed E-state index contributed by atoms with van der Waals surface area (Å²) in [5, 5.41) is 0. The Hall–Kier alpha value is -2.19. The highest BCUT2D eigenvalue weighted by Crippen LogP contribution is 2.43. The second-order valence-electron chi connectivity index (χ2n) is 6.81. The third kappa shape index (κ3) is 3.81. The first kappa shape index (κ1) is 17.2. The van der Waals surface area contributed by atoms with E-state index in [1.165, 1.54) is 0 Å². The van der Waals surface area contributed by atoms with Crippen molar-refractivity contribution < 1.29 is 22.4 Å². The summed E-state index contributed by atoms with van der Waals surface area (Å²) in [5.41, 5.74) is 0.817. The Morgan fingerprint density at radius 1 is 1.19 bits per heavy atom. The summed E-state index contributed by atoms with van der Waals surface area (Å²) in [6.45, 7) is 0.966. The number of nitrogens with one attached hydrogen (secondary N) is 1. The van der Waals surface area contributed by atoms with E-state index in [1.54, 1.807) is 0 Å². The summed E-state index contributed by atoms with van der Waals surface area (Å²) in [6, 6.07) is 9.25. The van der Waals surface area contributed by atoms with Crippen molar-refractivity contribution in [2.45, 2.75) is 25.2 Å². The first-order valence-corrected chi connectivity index (χ1v) is 10.4. The third-order valence-corrected chi connectivity index (χ3v) is 5.97. The number of oxazole rings is 1. The zero-order valence-electron chi connectivity index (χ0n) is 14.2. The van der Waals surface area contributed by atoms with Crippen LogP contribution in [0.2, 0.25) is 0 Å². The summed E-state index contributed by atoms with van der Waals surface area (Å²) >= 11 is 0. The van der Waals surface area contributed by atoms with Crippen LogP contribution >= 0.6 is 0 Å². The van der Waals surface area contributed by atoms with Gasteiger partial charge in [-0.1, -0.05) is 18.2 Å². The number of rotatable bonds is 6. The van der Waals surface area contributed by atoms with Crippen molar-refractivity contribution in [2.75, 3.05) is 19.0 Å². The van der Waals surface area contributed by atoms with Gasteiger partial charge >= 0.3 is 0 Å². The molecule has 1 amide bonds. The Morgan fingerprint density at radius 3 is 2.62 bits per heavy atom. The maximum absolute atomic E-state index is 12.6. The molecule has 1 aromatic carbocycles. The molecule has 0 bridgehead atoms. The lowest BCUT2D eigenvalue weighted by Gasteiger charge is -2.09. The molecule has 1 aromatic heterocycles. The van der Waals surface area contributed by atoms with E-state index in [0.29, 0.717) is 31.3 Å². The van der Waals surface area contributed by atoms with Crippen molar-refractivity contribution in [3.63, 3.8) is 0 Å². The van der Waals surface area contributed by atoms with Crippen LogP contribution in [0.3, 0.4) is 0 Å². The van der Waals surface area contributed by atoms with Crippen LogP contribution in [-0.4, -0.2) is 38.3 Å². The van der Waals surface area contributed by atoms with Gasteiger partial charge in [0, 0.05) is 24.0 Å². The largest absolute Gasteiger partial charge is 0.440 e. The number of benzene rings is 1. The lowest BCUT2D eigenvalue weighted by molar-refractivity contribution is 0.0975. The first-order valence-electron chi connectivity index (χ1n) is 8.70. The Bertz CT molecular complexity index is 897. The molecule has 1 aliphatic carbocycles. The van der Waals surface area contributed by atoms with E-state index in [-0.39, 0.29) is 23.3 Å². The predicted octanol–water partition coefficient (Wildman–Crippen LogP) is 2.32. The van der Waals surface area contributed by atoms with Gasteiger partial charge in [-0.25, -0.2) is 18.1 Å². The third-order valence-electron chi connectivity index (χ3n) is 4.56. The zero-order valence-corrected chi connectivity index (χ0v) is 15.0. The standard InChI is InChI=1S/C18H20N2O5S/c21-17(20-26(22,23)11-12-8-9-24-10-12)15-16(13-6-7-13)25-18(19-15)14-4-2-1-3-5-14/h1-5,12-13H,6-11H2,(H,20,21). The van der Waals surface area contributed by atoms with Crippen molar-refractivity contribution >= 4 is 15.9 Å². The van der Waals surface area contributed by atoms with Crippen molar-refractivity contribution in [3.8, 4) is 11.5 Å². The van der Waals surface area contributed by atoms with Crippen LogP contribution in [0.1, 0.15) is 41.4 Å². The zero-order chi connectivity index (χ0) is 18.1. The summed E-state index contributed by atoms with van der Waals surface area (Å²) in [6.07, 6.45) is 2.51. The number of ether oxygens (including phenoxy) is 1. The van der Waals surface area contributed by atoms with Crippen LogP contribution in [0, 0.1) is 5.92 Å². The first-order chi connectivity index (χ1) is 12.5. The molecular weight excluding hydrogens is 356 g/mol. The van der Waals surface area contributed by atoms with E-state index in [9.17, 15) is 13.2 Å². The smallest absolute Gasteiger partial charge is 0.286 e. The fraction of sp³-hybridized carbons (Fsp3) is 0.444. The second-order valence-corrected chi connectivity index (χ2v) is 8.58. The number of aromatic nitrogens is 1. The van der Waals surface area contributed by atoms with Crippen LogP contribution < -0.4 is 4.72 Å². The summed E-state index contributed by atoms with van der Waals surface area (Å²) in [5.74, 6) is 0.00439. The molecule has 0 radical (unpaired) electrons. The average molecular weight is 376 g/mol. The highest BCUT2D eigenvalue weighted by Gasteiger charge is 2.35. The number of nitrogens with zero attached hydrogens (tertiary/aromatic N) is 1. The number of carbonyl (C=O) groups is 1. The molecule has 2 fully saturated rings. The van der Waals surface area contributed by atoms with Crippen LogP contribution in [0.15, 0.2) is 34.7 Å². The van der Waals surface area contributed by atoms with Gasteiger partial charge in [-0.15, -0.1) is 0 Å². The highest BCUT2D eigenvalue weighted by atomic mass is 32.2. The van der Waals surface area contributed by atoms with E-state index >= 15 is 0 Å². The molecule has 2 aliphatic rings. The molecule has 1 N–H and O–H groups in total. The predicted molar refractivity (Wildman–Crippen MR) is 94.1 cm³/mol. The number of sulfonamides is 1. The monoisotopic (exact) mass is 376 g/mol. The molecule has 1 atom stereocenters. The number of hydrogen-bond donors (Lipinski definition) is 1. The van der Waals surface area contributed by atoms with E-state index in [0.717, 1.165) is 18.4 Å². The lowest BCUT2D eigenvalue weighted by Crippen LogP contribution is -2.35. The van der Waals surface area contributed by atoms with Crippen molar-refractivity contribution in [1.82, 2.24) is 9.71 Å². The van der Waals surface area contributed by atoms with E-state index in [1.807, 2.05) is 30.3 Å². The van der Waals surface area contributed by atoms with Crippen LogP contribution in [0.5, 0.6) is 0 Å². The van der Waals surface area contributed by atoms with Crippen LogP contribution in [-0.2, 0) is 14.8 Å². The Kier molecular flexibility index (Phi) is 4.54. The van der Waals surface area contributed by atoms with E-state index < -0.39 is 15.9 Å². The number of hydrogen-bond acceptors (Lipinski definition) is 6. The molecule has 2 heterocycles. The normalized spacial score (nSPS) is 20.2. The molecule has 4 rings (SSSR count). The van der Waals surface area contributed by atoms with E-state index in [4.69, 9.17) is 9.15 Å². The molecule has 7 nitrogen and oxygen atoms in total. The lowest BCUT2D eigenvalue weighted by atomic mass is 10.2. The molecule has 8 heteroatoms. The van der Waals surface area contributed by atoms with Gasteiger partial charge in [-0.3, -0.25) is 4.79 Å². The van der Waals surface area contributed by atoms with Gasteiger partial charge < -0.3 is 9.15 Å². The van der Waals surface area contributed by atoms with Crippen LogP contribution in [0.25, 0.3) is 11.5 Å². The van der Waals surface area contributed by atoms with Gasteiger partial charge in [0.2, 0.25) is 15.9 Å². The number of carbonyl (C=O) groups excluding carboxylic acids is 1. The summed E-state index contributed by atoms with van der Waals surface area (Å²) < 4.78 is 37.7. The highest BCUT2D eigenvalue weighted by molar-refractivity contribution is 7.90. The fourth-order valence-corrected chi connectivity index (χ4v) is 4.42. The average Bonchev–Trinajstić information content (AvgIpc) is 3.15. The maximum Gasteiger partial charge on any atom is 0.286 e. The van der Waals surface area contributed by atoms with Crippen molar-refractivity contribution in [2.24, 2.45) is 5.92 Å². The Labute approximate surface area is 151 Å². The van der Waals surface area contributed by atoms with E-state index in [2.05, 4.69) is 9.71 Å². The molecule has 1 saturated carbocycles. The fourth-order valence-electron chi connectivity index (χ4n) is 3.08. The second kappa shape index (κ2) is 6.85. The molecule has 1 unspecified atom stereocenters. The minimum atomic E-state index is -3.75. The van der Waals surface area contributed by atoms with Gasteiger partial charge in [0.15, 0.2) is 5.69 Å². The topological polar surface area (TPSA) is 98.5 Å². The molecule has 138 valence electrons. The Morgan fingerprint density at radius 2 is 1.96 bits per heavy atom. The molecule has 1 saturated heterocycles. The SMILES string of the molecule is O=C(NS(=O)(=O)CC1CCOC1)c1nc(-c2ccccc2)oc1C1CC1. The van der Waals surface area contributed by atoms with Crippen LogP contribution in [0.4, 0.5) is 0 Å². The molecule has 1 aliphatic heterocycles. The molecule has 2 aromatic rings. The summed E-state index contributed by atoms with van der Waals surface area (Å²) in [7, 11) is -3.75. The van der Waals surface area contributed by atoms with Gasteiger partial charge in [0.1, 0.15) is 5.76 Å².